The molecule has 5 nitrogen and oxygen atoms in total. The third kappa shape index (κ3) is 5.61. The maximum absolute atomic E-state index is 11.6. The van der Waals surface area contributed by atoms with Crippen molar-refractivity contribution >= 4 is 5.91 Å². The Bertz CT molecular complexity index is 439. The van der Waals surface area contributed by atoms with Crippen LogP contribution in [0.3, 0.4) is 0 Å². The Morgan fingerprint density at radius 1 is 1.37 bits per heavy atom. The number of carbonyl (C=O) groups excluding carboxylic acids is 1. The molecule has 1 aromatic carbocycles. The second-order valence-electron chi connectivity index (χ2n) is 5.41. The summed E-state index contributed by atoms with van der Waals surface area (Å²) in [6.07, 6.45) is 0. The number of benzene rings is 1. The first kappa shape index (κ1) is 15.3. The zero-order chi connectivity index (χ0) is 14.5. The Hall–Kier alpha value is -1.75. The zero-order valence-electron chi connectivity index (χ0n) is 11.9. The van der Waals surface area contributed by atoms with Crippen LogP contribution in [-0.4, -0.2) is 30.2 Å². The summed E-state index contributed by atoms with van der Waals surface area (Å²) in [4.78, 5) is 11.6. The van der Waals surface area contributed by atoms with Gasteiger partial charge in [-0.2, -0.15) is 0 Å². The molecule has 0 heterocycles. The summed E-state index contributed by atoms with van der Waals surface area (Å²) in [7, 11) is 1.50. The van der Waals surface area contributed by atoms with Crippen molar-refractivity contribution < 1.29 is 14.6 Å². The Kier molecular flexibility index (Phi) is 5.18. The van der Waals surface area contributed by atoms with Crippen LogP contribution in [-0.2, 0) is 11.3 Å². The second-order valence-corrected chi connectivity index (χ2v) is 5.41. The SMILES string of the molecule is COc1cc(CNCC(=O)NC(C)(C)C)ccc1O. The highest BCUT2D eigenvalue weighted by Gasteiger charge is 2.13. The van der Waals surface area contributed by atoms with Crippen molar-refractivity contribution in [3.05, 3.63) is 23.8 Å². The number of rotatable bonds is 5. The van der Waals surface area contributed by atoms with E-state index in [0.29, 0.717) is 12.3 Å². The standard InChI is InChI=1S/C14H22N2O3/c1-14(2,3)16-13(18)9-15-8-10-5-6-11(17)12(7-10)19-4/h5-7,15,17H,8-9H2,1-4H3,(H,16,18). The number of hydrogen-bond donors (Lipinski definition) is 3. The highest BCUT2D eigenvalue weighted by molar-refractivity contribution is 5.78. The Labute approximate surface area is 114 Å². The van der Waals surface area contributed by atoms with E-state index in [4.69, 9.17) is 4.74 Å². The fraction of sp³-hybridized carbons (Fsp3) is 0.500. The van der Waals surface area contributed by atoms with E-state index in [9.17, 15) is 9.90 Å². The lowest BCUT2D eigenvalue weighted by atomic mass is 10.1. The van der Waals surface area contributed by atoms with Gasteiger partial charge in [0.05, 0.1) is 13.7 Å². The van der Waals surface area contributed by atoms with Crippen LogP contribution in [0.5, 0.6) is 11.5 Å². The molecule has 0 aliphatic heterocycles. The van der Waals surface area contributed by atoms with Gasteiger partial charge >= 0.3 is 0 Å². The van der Waals surface area contributed by atoms with E-state index in [-0.39, 0.29) is 23.7 Å². The smallest absolute Gasteiger partial charge is 0.234 e. The molecule has 1 rings (SSSR count). The number of ether oxygens (including phenoxy) is 1. The van der Waals surface area contributed by atoms with Gasteiger partial charge in [-0.15, -0.1) is 0 Å². The summed E-state index contributed by atoms with van der Waals surface area (Å²) < 4.78 is 5.02. The minimum Gasteiger partial charge on any atom is -0.504 e. The van der Waals surface area contributed by atoms with Gasteiger partial charge in [0, 0.05) is 12.1 Å². The van der Waals surface area contributed by atoms with Crippen molar-refractivity contribution in [1.82, 2.24) is 10.6 Å². The van der Waals surface area contributed by atoms with Crippen LogP contribution in [0.15, 0.2) is 18.2 Å². The summed E-state index contributed by atoms with van der Waals surface area (Å²) in [6.45, 7) is 6.61. The first-order chi connectivity index (χ1) is 8.81. The maximum atomic E-state index is 11.6. The van der Waals surface area contributed by atoms with Crippen molar-refractivity contribution in [3.63, 3.8) is 0 Å². The predicted molar refractivity (Wildman–Crippen MR) is 74.3 cm³/mol. The topological polar surface area (TPSA) is 70.6 Å². The molecule has 0 aromatic heterocycles. The quantitative estimate of drug-likeness (QED) is 0.753. The molecule has 19 heavy (non-hydrogen) atoms. The van der Waals surface area contributed by atoms with Gasteiger partial charge in [0.15, 0.2) is 11.5 Å². The fourth-order valence-corrected chi connectivity index (χ4v) is 1.61. The van der Waals surface area contributed by atoms with E-state index in [1.165, 1.54) is 7.11 Å². The Morgan fingerprint density at radius 3 is 2.63 bits per heavy atom. The van der Waals surface area contributed by atoms with Crippen molar-refractivity contribution in [2.75, 3.05) is 13.7 Å². The van der Waals surface area contributed by atoms with Crippen LogP contribution < -0.4 is 15.4 Å². The Balaban J connectivity index is 2.43. The summed E-state index contributed by atoms with van der Waals surface area (Å²) >= 11 is 0. The van der Waals surface area contributed by atoms with Gasteiger partial charge in [0.2, 0.25) is 5.91 Å². The molecule has 0 atom stereocenters. The van der Waals surface area contributed by atoms with Crippen LogP contribution in [0, 0.1) is 0 Å². The number of phenolic OH excluding ortho intramolecular Hbond substituents is 1. The highest BCUT2D eigenvalue weighted by atomic mass is 16.5. The average molecular weight is 266 g/mol. The van der Waals surface area contributed by atoms with Crippen LogP contribution in [0.25, 0.3) is 0 Å². The highest BCUT2D eigenvalue weighted by Crippen LogP contribution is 2.25. The van der Waals surface area contributed by atoms with E-state index >= 15 is 0 Å². The summed E-state index contributed by atoms with van der Waals surface area (Å²) in [5.41, 5.74) is 0.721. The Morgan fingerprint density at radius 2 is 2.05 bits per heavy atom. The van der Waals surface area contributed by atoms with E-state index in [0.717, 1.165) is 5.56 Å². The lowest BCUT2D eigenvalue weighted by Crippen LogP contribution is -2.44. The zero-order valence-corrected chi connectivity index (χ0v) is 11.9. The van der Waals surface area contributed by atoms with E-state index in [1.54, 1.807) is 18.2 Å². The molecular formula is C14H22N2O3. The molecule has 1 aromatic rings. The van der Waals surface area contributed by atoms with Gasteiger partial charge in [-0.1, -0.05) is 6.07 Å². The number of hydrogen-bond acceptors (Lipinski definition) is 4. The third-order valence-corrected chi connectivity index (χ3v) is 2.37. The first-order valence-electron chi connectivity index (χ1n) is 6.19. The normalized spacial score (nSPS) is 11.2. The molecule has 0 saturated carbocycles. The van der Waals surface area contributed by atoms with Gasteiger partial charge in [0.25, 0.3) is 0 Å². The van der Waals surface area contributed by atoms with E-state index < -0.39 is 0 Å². The first-order valence-corrected chi connectivity index (χ1v) is 6.19. The third-order valence-electron chi connectivity index (χ3n) is 2.37. The van der Waals surface area contributed by atoms with Crippen LogP contribution in [0.1, 0.15) is 26.3 Å². The molecule has 5 heteroatoms. The van der Waals surface area contributed by atoms with Crippen LogP contribution >= 0.6 is 0 Å². The molecule has 0 fully saturated rings. The summed E-state index contributed by atoms with van der Waals surface area (Å²) in [5, 5.41) is 15.4. The van der Waals surface area contributed by atoms with Crippen molar-refractivity contribution in [2.45, 2.75) is 32.9 Å². The molecule has 0 spiro atoms. The van der Waals surface area contributed by atoms with E-state index in [2.05, 4.69) is 10.6 Å². The second kappa shape index (κ2) is 6.43. The van der Waals surface area contributed by atoms with Crippen LogP contribution in [0.4, 0.5) is 0 Å². The summed E-state index contributed by atoms with van der Waals surface area (Å²) in [6, 6.07) is 5.10. The molecule has 0 saturated heterocycles. The molecular weight excluding hydrogens is 244 g/mol. The average Bonchev–Trinajstić information content (AvgIpc) is 2.29. The molecule has 0 aliphatic rings. The molecule has 0 aliphatic carbocycles. The minimum atomic E-state index is -0.222. The van der Waals surface area contributed by atoms with Crippen LogP contribution in [0.2, 0.25) is 0 Å². The van der Waals surface area contributed by atoms with Crippen molar-refractivity contribution in [1.29, 1.82) is 0 Å². The largest absolute Gasteiger partial charge is 0.504 e. The lowest BCUT2D eigenvalue weighted by Gasteiger charge is -2.20. The van der Waals surface area contributed by atoms with E-state index in [1.807, 2.05) is 20.8 Å². The van der Waals surface area contributed by atoms with Crippen molar-refractivity contribution in [3.8, 4) is 11.5 Å². The van der Waals surface area contributed by atoms with Gasteiger partial charge in [-0.25, -0.2) is 0 Å². The minimum absolute atomic E-state index is 0.0433. The molecule has 106 valence electrons. The number of aromatic hydroxyl groups is 1. The van der Waals surface area contributed by atoms with Crippen molar-refractivity contribution in [2.24, 2.45) is 0 Å². The molecule has 0 bridgehead atoms. The maximum Gasteiger partial charge on any atom is 0.234 e. The van der Waals surface area contributed by atoms with Gasteiger partial charge in [-0.3, -0.25) is 4.79 Å². The molecule has 1 amide bonds. The van der Waals surface area contributed by atoms with Gasteiger partial charge in [-0.05, 0) is 38.5 Å². The van der Waals surface area contributed by atoms with Gasteiger partial charge < -0.3 is 20.5 Å². The monoisotopic (exact) mass is 266 g/mol. The summed E-state index contributed by atoms with van der Waals surface area (Å²) in [5.74, 6) is 0.494. The lowest BCUT2D eigenvalue weighted by molar-refractivity contribution is -0.121. The number of nitrogens with one attached hydrogen (secondary N) is 2. The number of carbonyl (C=O) groups is 1. The van der Waals surface area contributed by atoms with Gasteiger partial charge in [0.1, 0.15) is 0 Å². The predicted octanol–water partition coefficient (Wildman–Crippen LogP) is 1.41. The molecule has 0 unspecified atom stereocenters. The number of phenols is 1. The molecule has 3 N–H and O–H groups in total. The molecule has 0 radical (unpaired) electrons. The fourth-order valence-electron chi connectivity index (χ4n) is 1.61. The number of methoxy groups -OCH3 is 1. The number of amides is 1.